The molecule has 0 aliphatic heterocycles. The van der Waals surface area contributed by atoms with Gasteiger partial charge < -0.3 is 16.0 Å². The summed E-state index contributed by atoms with van der Waals surface area (Å²) in [5, 5.41) is 17.1. The molecule has 0 unspecified atom stereocenters. The highest BCUT2D eigenvalue weighted by Crippen LogP contribution is 2.23. The summed E-state index contributed by atoms with van der Waals surface area (Å²) in [6.07, 6.45) is 6.48. The normalized spacial score (nSPS) is 10.1. The van der Waals surface area contributed by atoms with E-state index in [0.717, 1.165) is 11.3 Å². The second-order valence-electron chi connectivity index (χ2n) is 8.12. The Labute approximate surface area is 205 Å². The number of amides is 2. The molecule has 0 aliphatic carbocycles. The molecule has 2 rings (SSSR count). The predicted molar refractivity (Wildman–Crippen MR) is 134 cm³/mol. The van der Waals surface area contributed by atoms with Crippen molar-refractivity contribution < 1.29 is 14.0 Å². The number of thiazole rings is 1. The minimum Gasteiger partial charge on any atom is -0.355 e. The quantitative estimate of drug-likeness (QED) is 0.321. The Morgan fingerprint density at radius 2 is 2.03 bits per heavy atom. The van der Waals surface area contributed by atoms with Crippen molar-refractivity contribution in [1.82, 2.24) is 9.88 Å². The van der Waals surface area contributed by atoms with Crippen molar-refractivity contribution in [1.29, 1.82) is 5.26 Å². The monoisotopic (exact) mass is 493 g/mol. The minimum absolute atomic E-state index is 0.0157. The Balaban J connectivity index is 2.46. The molecule has 2 amide bonds. The van der Waals surface area contributed by atoms with Gasteiger partial charge in [0.15, 0.2) is 5.57 Å². The molecule has 10 heteroatoms. The maximum atomic E-state index is 14.1. The molecule has 0 spiro atoms. The van der Waals surface area contributed by atoms with Gasteiger partial charge in [-0.1, -0.05) is 49.5 Å². The number of nitrogens with zero attached hydrogens (tertiary/aromatic N) is 2. The number of rotatable bonds is 6. The fourth-order valence-corrected chi connectivity index (χ4v) is 3.53. The zero-order chi connectivity index (χ0) is 26.2. The van der Waals surface area contributed by atoms with Gasteiger partial charge in [0.05, 0.1) is 12.2 Å². The number of nitrogens with one attached hydrogen (secondary N) is 3. The van der Waals surface area contributed by atoms with E-state index in [0.29, 0.717) is 5.69 Å². The summed E-state index contributed by atoms with van der Waals surface area (Å²) >= 11 is 0.995. The first-order valence-corrected chi connectivity index (χ1v) is 11.3. The second-order valence-corrected chi connectivity index (χ2v) is 9.12. The van der Waals surface area contributed by atoms with Crippen molar-refractivity contribution in [3.8, 4) is 18.4 Å². The van der Waals surface area contributed by atoms with Crippen molar-refractivity contribution in [3.63, 3.8) is 0 Å². The van der Waals surface area contributed by atoms with Gasteiger partial charge in [-0.3, -0.25) is 19.0 Å². The summed E-state index contributed by atoms with van der Waals surface area (Å²) in [5.41, 5.74) is 4.58. The molecule has 180 valence electrons. The minimum atomic E-state index is -0.696. The Kier molecular flexibility index (Phi) is 8.99. The molecule has 0 bridgehead atoms. The Morgan fingerprint density at radius 3 is 2.63 bits per heavy atom. The molecule has 3 N–H and O–H groups in total. The molecule has 0 fully saturated rings. The molecule has 0 atom stereocenters. The topological polar surface area (TPSA) is 116 Å². The second kappa shape index (κ2) is 11.7. The van der Waals surface area contributed by atoms with Gasteiger partial charge in [0, 0.05) is 23.8 Å². The van der Waals surface area contributed by atoms with Crippen LogP contribution in [-0.4, -0.2) is 22.9 Å². The summed E-state index contributed by atoms with van der Waals surface area (Å²) in [6.45, 7) is 7.12. The Hall–Kier alpha value is -4.33. The molecule has 0 saturated carbocycles. The molecule has 1 aromatic heterocycles. The van der Waals surface area contributed by atoms with Gasteiger partial charge in [-0.25, -0.2) is 4.39 Å². The number of aromatic nitrogens is 1. The number of halogens is 1. The summed E-state index contributed by atoms with van der Waals surface area (Å²) in [5.74, 6) is 0.623. The van der Waals surface area contributed by atoms with Crippen LogP contribution in [0, 0.1) is 34.9 Å². The van der Waals surface area contributed by atoms with E-state index in [2.05, 4.69) is 33.3 Å². The van der Waals surface area contributed by atoms with Crippen molar-refractivity contribution in [2.45, 2.75) is 34.2 Å². The Bertz CT molecular complexity index is 1490. The Morgan fingerprint density at radius 1 is 1.31 bits per heavy atom. The molecule has 0 aliphatic rings. The van der Waals surface area contributed by atoms with Gasteiger partial charge >= 0.3 is 0 Å². The number of carbonyl (C=O) groups is 2. The molecule has 0 radical (unpaired) electrons. The lowest BCUT2D eigenvalue weighted by atomic mass is 9.95. The van der Waals surface area contributed by atoms with E-state index in [1.54, 1.807) is 33.8 Å². The molecular weight excluding hydrogens is 469 g/mol. The molecule has 1 aromatic carbocycles. The van der Waals surface area contributed by atoms with Crippen LogP contribution in [0.2, 0.25) is 0 Å². The lowest BCUT2D eigenvalue weighted by molar-refractivity contribution is -0.123. The lowest BCUT2D eigenvalue weighted by Gasteiger charge is -2.18. The number of nitriles is 1. The van der Waals surface area contributed by atoms with Crippen LogP contribution in [0.3, 0.4) is 0 Å². The number of anilines is 2. The first-order chi connectivity index (χ1) is 16.5. The highest BCUT2D eigenvalue weighted by Gasteiger charge is 2.22. The number of benzene rings is 1. The highest BCUT2D eigenvalue weighted by atomic mass is 32.1. The standard InChI is InChI=1S/C25H24FN5O3S/c1-6-11-29-22(32)16(15-27)13-21-31(7-2)23(33)20(35-21)10-12-28-17-8-9-18(26)19(14-17)30-24(34)25(3,4)5/h1,8-9,12,14,28H,7,11H2,2-5H3,(H,29,32)(H,30,34). The predicted octanol–water partition coefficient (Wildman–Crippen LogP) is 1.64. The van der Waals surface area contributed by atoms with Crippen LogP contribution >= 0.6 is 11.3 Å². The molecule has 35 heavy (non-hydrogen) atoms. The van der Waals surface area contributed by atoms with Gasteiger partial charge in [0.25, 0.3) is 11.5 Å². The van der Waals surface area contributed by atoms with E-state index in [9.17, 15) is 24.0 Å². The van der Waals surface area contributed by atoms with Crippen LogP contribution in [-0.2, 0) is 16.1 Å². The molecule has 2 aromatic rings. The number of carbonyl (C=O) groups excluding carboxylic acids is 2. The fraction of sp³-hybridized carbons (Fsp3) is 0.280. The smallest absolute Gasteiger partial charge is 0.277 e. The van der Waals surface area contributed by atoms with Crippen molar-refractivity contribution in [2.75, 3.05) is 17.2 Å². The van der Waals surface area contributed by atoms with Crippen LogP contribution < -0.4 is 30.7 Å². The number of terminal acetylenes is 1. The molecule has 1 heterocycles. The third-order valence-corrected chi connectivity index (χ3v) is 5.47. The SMILES string of the molecule is C#CCNC(=O)C(=C=c1sc(=C=CNc2ccc(F)c(NC(=O)C(C)(C)C)c2)c(=O)n1CC)C#N. The third-order valence-electron chi connectivity index (χ3n) is 4.46. The van der Waals surface area contributed by atoms with Crippen LogP contribution in [0.15, 0.2) is 34.8 Å². The molecular formula is C25H24FN5O3S. The van der Waals surface area contributed by atoms with Crippen LogP contribution in [0.25, 0.3) is 11.5 Å². The first kappa shape index (κ1) is 26.9. The maximum absolute atomic E-state index is 14.1. The van der Waals surface area contributed by atoms with E-state index in [1.807, 2.05) is 0 Å². The zero-order valence-corrected chi connectivity index (χ0v) is 20.5. The average molecular weight is 494 g/mol. The summed E-state index contributed by atoms with van der Waals surface area (Å²) in [6, 6.07) is 5.85. The van der Waals surface area contributed by atoms with E-state index in [4.69, 9.17) is 6.42 Å². The third kappa shape index (κ3) is 7.07. The van der Waals surface area contributed by atoms with Crippen molar-refractivity contribution in [2.24, 2.45) is 5.41 Å². The summed E-state index contributed by atoms with van der Waals surface area (Å²) in [7, 11) is 0. The van der Waals surface area contributed by atoms with Crippen LogP contribution in [0.4, 0.5) is 15.8 Å². The fourth-order valence-electron chi connectivity index (χ4n) is 2.55. The van der Waals surface area contributed by atoms with Gasteiger partial charge in [-0.2, -0.15) is 5.26 Å². The summed E-state index contributed by atoms with van der Waals surface area (Å²) in [4.78, 5) is 36.9. The van der Waals surface area contributed by atoms with Gasteiger partial charge in [0.2, 0.25) is 5.91 Å². The number of hydrogen-bond acceptors (Lipinski definition) is 6. The van der Waals surface area contributed by atoms with Crippen molar-refractivity contribution in [3.05, 3.63) is 55.3 Å². The zero-order valence-electron chi connectivity index (χ0n) is 19.7. The molecule has 8 nitrogen and oxygen atoms in total. The van der Waals surface area contributed by atoms with Crippen molar-refractivity contribution >= 4 is 46.0 Å². The first-order valence-electron chi connectivity index (χ1n) is 10.5. The van der Waals surface area contributed by atoms with Gasteiger partial charge in [0.1, 0.15) is 21.1 Å². The van der Waals surface area contributed by atoms with E-state index in [1.165, 1.54) is 29.0 Å². The van der Waals surface area contributed by atoms with E-state index >= 15 is 0 Å². The van der Waals surface area contributed by atoms with E-state index in [-0.39, 0.29) is 45.0 Å². The average Bonchev–Trinajstić information content (AvgIpc) is 3.11. The van der Waals surface area contributed by atoms with Crippen LogP contribution in [0.1, 0.15) is 27.7 Å². The van der Waals surface area contributed by atoms with Gasteiger partial charge in [-0.15, -0.1) is 6.42 Å². The van der Waals surface area contributed by atoms with Crippen LogP contribution in [0.5, 0.6) is 0 Å². The largest absolute Gasteiger partial charge is 0.355 e. The van der Waals surface area contributed by atoms with Gasteiger partial charge in [-0.05, 0) is 25.1 Å². The summed E-state index contributed by atoms with van der Waals surface area (Å²) < 4.78 is 15.9. The lowest BCUT2D eigenvalue weighted by Crippen LogP contribution is -2.30. The van der Waals surface area contributed by atoms with E-state index < -0.39 is 17.1 Å². The highest BCUT2D eigenvalue weighted by molar-refractivity contribution is 7.07. The number of hydrogen-bond donors (Lipinski definition) is 3. The molecule has 0 saturated heterocycles. The maximum Gasteiger partial charge on any atom is 0.277 e.